The Kier molecular flexibility index (Phi) is 7.41. The number of esters is 1. The smallest absolute Gasteiger partial charge is 0.310 e. The predicted molar refractivity (Wildman–Crippen MR) is 99.3 cm³/mol. The number of nitrogens with one attached hydrogen (secondary N) is 2. The van der Waals surface area contributed by atoms with Crippen molar-refractivity contribution in [1.29, 1.82) is 0 Å². The first kappa shape index (κ1) is 18.9. The zero-order valence-corrected chi connectivity index (χ0v) is 14.9. The lowest BCUT2D eigenvalue weighted by molar-refractivity contribution is -0.145. The van der Waals surface area contributed by atoms with Crippen LogP contribution in [0.25, 0.3) is 10.8 Å². The molecule has 0 heterocycles. The minimum Gasteiger partial charge on any atom is -0.469 e. The molecule has 0 spiro atoms. The molecule has 25 heavy (non-hydrogen) atoms. The van der Waals surface area contributed by atoms with Crippen LogP contribution in [0.2, 0.25) is 0 Å². The van der Waals surface area contributed by atoms with E-state index in [4.69, 9.17) is 4.74 Å². The second kappa shape index (κ2) is 9.79. The molecule has 0 saturated carbocycles. The second-order valence-electron chi connectivity index (χ2n) is 6.12. The van der Waals surface area contributed by atoms with Crippen LogP contribution in [-0.2, 0) is 20.7 Å². The summed E-state index contributed by atoms with van der Waals surface area (Å²) in [7, 11) is 3.24. The molecule has 0 radical (unpaired) electrons. The summed E-state index contributed by atoms with van der Waals surface area (Å²) < 4.78 is 4.90. The summed E-state index contributed by atoms with van der Waals surface area (Å²) in [6, 6.07) is 14.3. The van der Waals surface area contributed by atoms with Crippen LogP contribution in [-0.4, -0.2) is 39.1 Å². The van der Waals surface area contributed by atoms with Crippen molar-refractivity contribution in [3.05, 3.63) is 48.0 Å². The highest BCUT2D eigenvalue weighted by atomic mass is 16.5. The molecule has 1 atom stereocenters. The largest absolute Gasteiger partial charge is 0.469 e. The first-order chi connectivity index (χ1) is 12.1. The van der Waals surface area contributed by atoms with Crippen molar-refractivity contribution in [2.45, 2.75) is 19.3 Å². The zero-order valence-electron chi connectivity index (χ0n) is 14.9. The van der Waals surface area contributed by atoms with Crippen LogP contribution >= 0.6 is 0 Å². The lowest BCUT2D eigenvalue weighted by atomic mass is 9.97. The van der Waals surface area contributed by atoms with Gasteiger partial charge in [-0.2, -0.15) is 0 Å². The van der Waals surface area contributed by atoms with Crippen molar-refractivity contribution in [2.24, 2.45) is 5.92 Å². The Labute approximate surface area is 148 Å². The molecule has 2 aromatic rings. The first-order valence-electron chi connectivity index (χ1n) is 8.61. The third kappa shape index (κ3) is 5.87. The molecule has 2 aromatic carbocycles. The van der Waals surface area contributed by atoms with Gasteiger partial charge in [-0.15, -0.1) is 0 Å². The molecular weight excluding hydrogens is 316 g/mol. The molecule has 0 saturated heterocycles. The summed E-state index contributed by atoms with van der Waals surface area (Å²) in [6.45, 7) is 1.09. The van der Waals surface area contributed by atoms with Crippen molar-refractivity contribution >= 4 is 22.6 Å². The van der Waals surface area contributed by atoms with Gasteiger partial charge in [0.15, 0.2) is 0 Å². The molecule has 0 fully saturated rings. The van der Waals surface area contributed by atoms with Crippen molar-refractivity contribution in [1.82, 2.24) is 10.6 Å². The van der Waals surface area contributed by atoms with Crippen LogP contribution in [0.1, 0.15) is 18.4 Å². The van der Waals surface area contributed by atoms with Gasteiger partial charge >= 0.3 is 5.97 Å². The van der Waals surface area contributed by atoms with Gasteiger partial charge < -0.3 is 15.4 Å². The molecule has 0 aromatic heterocycles. The number of amides is 1. The highest BCUT2D eigenvalue weighted by molar-refractivity contribution is 5.83. The maximum atomic E-state index is 12.1. The van der Waals surface area contributed by atoms with Crippen LogP contribution in [0.15, 0.2) is 42.5 Å². The number of ether oxygens (including phenoxy) is 1. The fourth-order valence-corrected chi connectivity index (χ4v) is 2.81. The van der Waals surface area contributed by atoms with Gasteiger partial charge in [0.1, 0.15) is 0 Å². The standard InChI is InChI=1S/C20H26N2O3/c1-21-11-5-8-19(23)22-14-18(20(24)25-2)13-15-9-10-16-6-3-4-7-17(16)12-15/h3-4,6-7,9-10,12,18,21H,5,8,11,13-14H2,1-2H3,(H,22,23). The summed E-state index contributed by atoms with van der Waals surface area (Å²) in [5.41, 5.74) is 1.05. The van der Waals surface area contributed by atoms with E-state index >= 15 is 0 Å². The zero-order chi connectivity index (χ0) is 18.1. The summed E-state index contributed by atoms with van der Waals surface area (Å²) >= 11 is 0. The Balaban J connectivity index is 1.99. The van der Waals surface area contributed by atoms with Crippen molar-refractivity contribution in [2.75, 3.05) is 27.2 Å². The number of carbonyl (C=O) groups excluding carboxylic acids is 2. The molecule has 1 unspecified atom stereocenters. The number of hydrogen-bond acceptors (Lipinski definition) is 4. The monoisotopic (exact) mass is 342 g/mol. The van der Waals surface area contributed by atoms with Gasteiger partial charge in [-0.3, -0.25) is 9.59 Å². The normalized spacial score (nSPS) is 11.9. The van der Waals surface area contributed by atoms with Gasteiger partial charge in [0, 0.05) is 13.0 Å². The summed E-state index contributed by atoms with van der Waals surface area (Å²) in [5, 5.41) is 8.16. The minimum atomic E-state index is -0.389. The maximum Gasteiger partial charge on any atom is 0.310 e. The van der Waals surface area contributed by atoms with Crippen molar-refractivity contribution in [3.63, 3.8) is 0 Å². The molecule has 2 N–H and O–H groups in total. The minimum absolute atomic E-state index is 0.0392. The quantitative estimate of drug-likeness (QED) is 0.542. The molecule has 0 bridgehead atoms. The average molecular weight is 342 g/mol. The Bertz CT molecular complexity index is 715. The number of benzene rings is 2. The van der Waals surface area contributed by atoms with Crippen LogP contribution < -0.4 is 10.6 Å². The summed E-state index contributed by atoms with van der Waals surface area (Å²) in [6.07, 6.45) is 1.76. The lowest BCUT2D eigenvalue weighted by Crippen LogP contribution is -2.34. The lowest BCUT2D eigenvalue weighted by Gasteiger charge is -2.16. The molecule has 0 aliphatic carbocycles. The van der Waals surface area contributed by atoms with E-state index in [0.717, 1.165) is 23.9 Å². The van der Waals surface area contributed by atoms with E-state index in [1.807, 2.05) is 25.2 Å². The molecule has 5 nitrogen and oxygen atoms in total. The Hall–Kier alpha value is -2.40. The molecular formula is C20H26N2O3. The molecule has 0 aliphatic rings. The third-order valence-electron chi connectivity index (χ3n) is 4.21. The van der Waals surface area contributed by atoms with Gasteiger partial charge in [-0.25, -0.2) is 0 Å². The Morgan fingerprint density at radius 3 is 2.60 bits per heavy atom. The van der Waals surface area contributed by atoms with E-state index < -0.39 is 0 Å². The number of fused-ring (bicyclic) bond motifs is 1. The van der Waals surface area contributed by atoms with Gasteiger partial charge in [0.2, 0.25) is 5.91 Å². The van der Waals surface area contributed by atoms with Gasteiger partial charge in [0.25, 0.3) is 0 Å². The Morgan fingerprint density at radius 2 is 1.88 bits per heavy atom. The topological polar surface area (TPSA) is 67.4 Å². The molecule has 5 heteroatoms. The predicted octanol–water partition coefficient (Wildman–Crippen LogP) is 2.29. The number of carbonyl (C=O) groups is 2. The molecule has 1 amide bonds. The van der Waals surface area contributed by atoms with E-state index in [2.05, 4.69) is 34.9 Å². The van der Waals surface area contributed by atoms with Gasteiger partial charge in [-0.05, 0) is 42.8 Å². The summed E-state index contributed by atoms with van der Waals surface area (Å²) in [5.74, 6) is -0.731. The highest BCUT2D eigenvalue weighted by Gasteiger charge is 2.20. The van der Waals surface area contributed by atoms with E-state index in [9.17, 15) is 9.59 Å². The van der Waals surface area contributed by atoms with Crippen molar-refractivity contribution < 1.29 is 14.3 Å². The van der Waals surface area contributed by atoms with Crippen molar-refractivity contribution in [3.8, 4) is 0 Å². The van der Waals surface area contributed by atoms with Crippen LogP contribution in [0.3, 0.4) is 0 Å². The van der Waals surface area contributed by atoms with E-state index in [-0.39, 0.29) is 24.3 Å². The van der Waals surface area contributed by atoms with E-state index in [1.54, 1.807) is 0 Å². The van der Waals surface area contributed by atoms with Gasteiger partial charge in [0.05, 0.1) is 13.0 Å². The highest BCUT2D eigenvalue weighted by Crippen LogP contribution is 2.18. The number of rotatable bonds is 9. The number of hydrogen-bond donors (Lipinski definition) is 2. The fraction of sp³-hybridized carbons (Fsp3) is 0.400. The number of methoxy groups -OCH3 is 1. The van der Waals surface area contributed by atoms with Gasteiger partial charge in [-0.1, -0.05) is 42.5 Å². The first-order valence-corrected chi connectivity index (χ1v) is 8.61. The van der Waals surface area contributed by atoms with Crippen LogP contribution in [0.4, 0.5) is 0 Å². The SMILES string of the molecule is CNCCCC(=O)NCC(Cc1ccc2ccccc2c1)C(=O)OC. The van der Waals surface area contributed by atoms with Crippen LogP contribution in [0, 0.1) is 5.92 Å². The van der Waals surface area contributed by atoms with E-state index in [0.29, 0.717) is 12.8 Å². The molecule has 134 valence electrons. The summed E-state index contributed by atoms with van der Waals surface area (Å²) in [4.78, 5) is 23.9. The Morgan fingerprint density at radius 1 is 1.12 bits per heavy atom. The molecule has 0 aliphatic heterocycles. The van der Waals surface area contributed by atoms with E-state index in [1.165, 1.54) is 12.5 Å². The second-order valence-corrected chi connectivity index (χ2v) is 6.12. The maximum absolute atomic E-state index is 12.1. The third-order valence-corrected chi connectivity index (χ3v) is 4.21. The molecule has 2 rings (SSSR count). The van der Waals surface area contributed by atoms with Crippen LogP contribution in [0.5, 0.6) is 0 Å². The fourth-order valence-electron chi connectivity index (χ4n) is 2.81. The average Bonchev–Trinajstić information content (AvgIpc) is 2.64.